The Bertz CT molecular complexity index is 1130. The third kappa shape index (κ3) is 17.1. The fourth-order valence-corrected chi connectivity index (χ4v) is 6.20. The van der Waals surface area contributed by atoms with Crippen molar-refractivity contribution in [1.82, 2.24) is 5.32 Å². The molecular weight excluding hydrogens is 622 g/mol. The molecule has 0 spiro atoms. The third-order valence-electron chi connectivity index (χ3n) is 7.80. The van der Waals surface area contributed by atoms with Gasteiger partial charge in [-0.05, 0) is 63.1 Å². The molecule has 1 amide bonds. The molecule has 1 rings (SSSR count). The molecule has 1 aromatic rings. The molecular formula is C36H55NO9S. The number of hydrogen-bond donors (Lipinski definition) is 3. The van der Waals surface area contributed by atoms with Gasteiger partial charge in [-0.2, -0.15) is 0 Å². The van der Waals surface area contributed by atoms with Gasteiger partial charge in [0.05, 0.1) is 13.0 Å². The fourth-order valence-electron chi connectivity index (χ4n) is 4.94. The lowest BCUT2D eigenvalue weighted by atomic mass is 9.83. The van der Waals surface area contributed by atoms with Gasteiger partial charge in [0.2, 0.25) is 5.91 Å². The van der Waals surface area contributed by atoms with Gasteiger partial charge >= 0.3 is 11.9 Å². The first kappa shape index (κ1) is 42.0. The highest BCUT2D eigenvalue weighted by Gasteiger charge is 2.47. The second-order valence-corrected chi connectivity index (χ2v) is 13.2. The van der Waals surface area contributed by atoms with Crippen molar-refractivity contribution in [2.24, 2.45) is 5.92 Å². The molecule has 0 aliphatic carbocycles. The monoisotopic (exact) mass is 677 g/mol. The number of aliphatic hydroxyl groups is 1. The topological polar surface area (TPSA) is 154 Å². The van der Waals surface area contributed by atoms with E-state index >= 15 is 0 Å². The summed E-state index contributed by atoms with van der Waals surface area (Å²) in [6.07, 6.45) is 12.6. The summed E-state index contributed by atoms with van der Waals surface area (Å²) >= 11 is -0.784. The van der Waals surface area contributed by atoms with Crippen LogP contribution in [-0.2, 0) is 41.5 Å². The van der Waals surface area contributed by atoms with Crippen LogP contribution in [0.5, 0.6) is 5.75 Å². The summed E-state index contributed by atoms with van der Waals surface area (Å²) in [5.41, 5.74) is -1.77. The molecule has 1 aromatic carbocycles. The SMILES string of the molecule is CC#CCOc1ccc(C[C@H](NC(=O)[C@@H](/C=C/CCCCCC[S+]([O-])CCCCCCC)[C@@](O)(CCOC)C(=O)O)C(=O)OC)cc1. The van der Waals surface area contributed by atoms with Crippen molar-refractivity contribution < 1.29 is 43.4 Å². The number of allylic oxidation sites excluding steroid dienone is 1. The van der Waals surface area contributed by atoms with E-state index in [0.29, 0.717) is 23.5 Å². The van der Waals surface area contributed by atoms with Crippen LogP contribution in [0, 0.1) is 17.8 Å². The molecule has 0 bridgehead atoms. The summed E-state index contributed by atoms with van der Waals surface area (Å²) in [5.74, 6) is 2.99. The number of benzene rings is 1. The molecule has 0 radical (unpaired) electrons. The number of carboxylic acid groups (broad SMARTS) is 1. The average Bonchev–Trinajstić information content (AvgIpc) is 3.06. The zero-order valence-electron chi connectivity index (χ0n) is 28.6. The van der Waals surface area contributed by atoms with E-state index in [0.717, 1.165) is 44.3 Å². The molecule has 0 saturated carbocycles. The Hall–Kier alpha value is -3.04. The zero-order valence-corrected chi connectivity index (χ0v) is 29.4. The number of nitrogens with one attached hydrogen (secondary N) is 1. The minimum absolute atomic E-state index is 0.0666. The molecule has 0 aromatic heterocycles. The largest absolute Gasteiger partial charge is 0.616 e. The second-order valence-electron chi connectivity index (χ2n) is 11.5. The number of hydrogen-bond acceptors (Lipinski definition) is 8. The van der Waals surface area contributed by atoms with Crippen LogP contribution in [0.15, 0.2) is 36.4 Å². The first-order valence-electron chi connectivity index (χ1n) is 16.6. The van der Waals surface area contributed by atoms with Crippen molar-refractivity contribution in [2.45, 2.75) is 103 Å². The van der Waals surface area contributed by atoms with Gasteiger partial charge in [-0.15, -0.1) is 5.92 Å². The summed E-state index contributed by atoms with van der Waals surface area (Å²) in [6.45, 7) is 4.03. The van der Waals surface area contributed by atoms with Crippen LogP contribution in [0.3, 0.4) is 0 Å². The number of esters is 1. The number of unbranched alkanes of at least 4 members (excludes halogenated alkanes) is 8. The van der Waals surface area contributed by atoms with Gasteiger partial charge in [0.1, 0.15) is 29.9 Å². The number of methoxy groups -OCH3 is 2. The van der Waals surface area contributed by atoms with Crippen molar-refractivity contribution in [3.63, 3.8) is 0 Å². The van der Waals surface area contributed by atoms with Crippen molar-refractivity contribution in [1.29, 1.82) is 0 Å². The van der Waals surface area contributed by atoms with Crippen molar-refractivity contribution >= 4 is 29.0 Å². The van der Waals surface area contributed by atoms with Gasteiger partial charge in [0.15, 0.2) is 5.60 Å². The fraction of sp³-hybridized carbons (Fsp3) is 0.639. The predicted octanol–water partition coefficient (Wildman–Crippen LogP) is 4.98. The molecule has 10 nitrogen and oxygen atoms in total. The van der Waals surface area contributed by atoms with Gasteiger partial charge in [-0.1, -0.05) is 74.0 Å². The van der Waals surface area contributed by atoms with Gasteiger partial charge in [-0.25, -0.2) is 9.59 Å². The van der Waals surface area contributed by atoms with Crippen LogP contribution in [0.2, 0.25) is 0 Å². The van der Waals surface area contributed by atoms with E-state index in [9.17, 15) is 29.1 Å². The maximum absolute atomic E-state index is 13.6. The minimum Gasteiger partial charge on any atom is -0.616 e. The van der Waals surface area contributed by atoms with Gasteiger partial charge in [0.25, 0.3) is 0 Å². The van der Waals surface area contributed by atoms with Crippen LogP contribution in [0.25, 0.3) is 0 Å². The molecule has 47 heavy (non-hydrogen) atoms. The number of aliphatic carboxylic acids is 1. The first-order chi connectivity index (χ1) is 22.6. The molecule has 0 heterocycles. The Morgan fingerprint density at radius 2 is 1.66 bits per heavy atom. The molecule has 264 valence electrons. The van der Waals surface area contributed by atoms with Gasteiger partial charge < -0.3 is 34.3 Å². The number of carboxylic acids is 1. The van der Waals surface area contributed by atoms with Crippen molar-refractivity contribution in [3.8, 4) is 17.6 Å². The normalized spacial score (nSPS) is 14.3. The lowest BCUT2D eigenvalue weighted by Gasteiger charge is -2.30. The maximum Gasteiger partial charge on any atom is 0.336 e. The van der Waals surface area contributed by atoms with E-state index in [2.05, 4.69) is 24.1 Å². The van der Waals surface area contributed by atoms with Crippen molar-refractivity contribution in [2.75, 3.05) is 38.9 Å². The molecule has 0 fully saturated rings. The van der Waals surface area contributed by atoms with Crippen LogP contribution in [0.4, 0.5) is 0 Å². The molecule has 11 heteroatoms. The quantitative estimate of drug-likeness (QED) is 0.0405. The summed E-state index contributed by atoms with van der Waals surface area (Å²) < 4.78 is 27.7. The Kier molecular flexibility index (Phi) is 22.4. The van der Waals surface area contributed by atoms with Crippen LogP contribution < -0.4 is 10.1 Å². The second kappa shape index (κ2) is 25.0. The van der Waals surface area contributed by atoms with E-state index in [1.807, 2.05) is 0 Å². The Balaban J connectivity index is 2.86. The molecule has 1 unspecified atom stereocenters. The zero-order chi connectivity index (χ0) is 34.9. The third-order valence-corrected chi connectivity index (χ3v) is 9.29. The lowest BCUT2D eigenvalue weighted by Crippen LogP contribution is -2.55. The number of rotatable bonds is 26. The Morgan fingerprint density at radius 3 is 2.23 bits per heavy atom. The van der Waals surface area contributed by atoms with E-state index < -0.39 is 46.6 Å². The number of carbonyl (C=O) groups excluding carboxylic acids is 2. The molecule has 4 atom stereocenters. The lowest BCUT2D eigenvalue weighted by molar-refractivity contribution is -0.169. The summed E-state index contributed by atoms with van der Waals surface area (Å²) in [4.78, 5) is 38.5. The predicted molar refractivity (Wildman–Crippen MR) is 184 cm³/mol. The average molecular weight is 678 g/mol. The van der Waals surface area contributed by atoms with Crippen LogP contribution >= 0.6 is 0 Å². The maximum atomic E-state index is 13.6. The van der Waals surface area contributed by atoms with Gasteiger partial charge in [-0.3, -0.25) is 4.79 Å². The molecule has 0 saturated heterocycles. The van der Waals surface area contributed by atoms with E-state index in [-0.39, 0.29) is 26.1 Å². The Morgan fingerprint density at radius 1 is 1.02 bits per heavy atom. The van der Waals surface area contributed by atoms with Gasteiger partial charge in [0, 0.05) is 26.6 Å². The molecule has 3 N–H and O–H groups in total. The number of ether oxygens (including phenoxy) is 3. The summed E-state index contributed by atoms with van der Waals surface area (Å²) in [5, 5.41) is 23.8. The molecule has 0 aliphatic rings. The minimum atomic E-state index is -2.47. The highest BCUT2D eigenvalue weighted by Crippen LogP contribution is 2.26. The van der Waals surface area contributed by atoms with Crippen molar-refractivity contribution in [3.05, 3.63) is 42.0 Å². The summed E-state index contributed by atoms with van der Waals surface area (Å²) in [6, 6.07) is 5.79. The van der Waals surface area contributed by atoms with E-state index in [4.69, 9.17) is 14.2 Å². The van der Waals surface area contributed by atoms with E-state index in [1.165, 1.54) is 39.6 Å². The first-order valence-corrected chi connectivity index (χ1v) is 18.1. The molecule has 0 aliphatic heterocycles. The van der Waals surface area contributed by atoms with E-state index in [1.54, 1.807) is 37.3 Å². The number of amides is 1. The standard InChI is InChI=1S/C36H55NO9S/c1-5-7-9-13-16-26-47(43)27-17-14-11-10-12-15-18-31(36(42,35(40)41)23-25-44-3)33(38)37-32(34(39)45-4)28-29-19-21-30(22-20-29)46-24-8-6-2/h15,18-22,31-32,42H,5,7,9-14,16-17,23-28H2,1-4H3,(H,37,38)(H,40,41)/b18-15+/t31-,32+,36+,47?/m1/s1. The summed E-state index contributed by atoms with van der Waals surface area (Å²) in [7, 11) is 2.57. The highest BCUT2D eigenvalue weighted by molar-refractivity contribution is 7.91. The van der Waals surface area contributed by atoms with Crippen LogP contribution in [0.1, 0.15) is 90.0 Å². The highest BCUT2D eigenvalue weighted by atomic mass is 32.2. The number of carbonyl (C=O) groups is 3. The van der Waals surface area contributed by atoms with Crippen LogP contribution in [-0.4, -0.2) is 83.2 Å². The smallest absolute Gasteiger partial charge is 0.336 e. The Labute approximate surface area is 284 Å².